The number of phenolic OH excluding ortho intramolecular Hbond substituents is 1. The molecule has 2 atom stereocenters. The molecule has 2 aromatic rings. The van der Waals surface area contributed by atoms with E-state index in [1.807, 2.05) is 6.07 Å². The minimum Gasteiger partial charge on any atom is -0.508 e. The molecule has 4 rings (SSSR count). The predicted octanol–water partition coefficient (Wildman–Crippen LogP) is 5.34. The van der Waals surface area contributed by atoms with Crippen molar-refractivity contribution in [3.05, 3.63) is 41.2 Å². The Balaban J connectivity index is 1.78. The van der Waals surface area contributed by atoms with Gasteiger partial charge in [-0.05, 0) is 61.8 Å². The third kappa shape index (κ3) is 3.11. The zero-order valence-electron chi connectivity index (χ0n) is 17.5. The van der Waals surface area contributed by atoms with Crippen molar-refractivity contribution < 1.29 is 9.84 Å². The zero-order valence-corrected chi connectivity index (χ0v) is 17.5. The number of phenols is 1. The van der Waals surface area contributed by atoms with Gasteiger partial charge >= 0.3 is 0 Å². The Morgan fingerprint density at radius 3 is 2.79 bits per heavy atom. The molecule has 0 spiro atoms. The second-order valence-electron chi connectivity index (χ2n) is 9.50. The van der Waals surface area contributed by atoms with E-state index >= 15 is 0 Å². The molecule has 1 aromatic carbocycles. The number of nitrogens with one attached hydrogen (secondary N) is 1. The molecule has 2 aliphatic rings. The third-order valence-electron chi connectivity index (χ3n) is 6.72. The Hall–Kier alpha value is -2.30. The number of rotatable bonds is 4. The molecule has 5 heteroatoms. The van der Waals surface area contributed by atoms with E-state index in [9.17, 15) is 5.11 Å². The highest BCUT2D eigenvalue weighted by Crippen LogP contribution is 2.55. The smallest absolute Gasteiger partial charge is 0.127 e. The SMILES string of the molecule is CCCC(C)(C)c1cc(O)c2c(c1)OC(C)(C)[C@@H]1CC=C(c3cnn[nH]3)C[C@@H]21. The fourth-order valence-corrected chi connectivity index (χ4v) is 5.13. The largest absolute Gasteiger partial charge is 0.508 e. The lowest BCUT2D eigenvalue weighted by Gasteiger charge is -2.47. The van der Waals surface area contributed by atoms with Crippen LogP contribution in [0.15, 0.2) is 24.4 Å². The standard InChI is InChI=1S/C23H31N3O2/c1-6-9-22(2,3)15-11-19(27)21-16-10-14(18-13-24-26-25-18)7-8-17(16)23(4,5)28-20(21)12-15/h7,11-13,16-17,27H,6,8-10H2,1-5H3,(H,24,25,26)/t16-,17-/m1/s1. The van der Waals surface area contributed by atoms with Gasteiger partial charge in [0, 0.05) is 17.4 Å². The maximum absolute atomic E-state index is 11.1. The molecule has 1 aliphatic heterocycles. The van der Waals surface area contributed by atoms with Crippen LogP contribution in [0.2, 0.25) is 0 Å². The number of nitrogens with zero attached hydrogens (tertiary/aromatic N) is 2. The van der Waals surface area contributed by atoms with E-state index in [1.165, 1.54) is 5.57 Å². The topological polar surface area (TPSA) is 71.0 Å². The molecule has 0 bridgehead atoms. The molecule has 0 saturated carbocycles. The van der Waals surface area contributed by atoms with Crippen LogP contribution >= 0.6 is 0 Å². The van der Waals surface area contributed by atoms with Gasteiger partial charge in [0.05, 0.1) is 11.9 Å². The predicted molar refractivity (Wildman–Crippen MR) is 111 cm³/mol. The molecule has 150 valence electrons. The van der Waals surface area contributed by atoms with Crippen molar-refractivity contribution in [3.8, 4) is 11.5 Å². The molecule has 2 heterocycles. The van der Waals surface area contributed by atoms with Crippen LogP contribution in [0.1, 0.15) is 83.0 Å². The molecule has 5 nitrogen and oxygen atoms in total. The summed E-state index contributed by atoms with van der Waals surface area (Å²) in [5.41, 5.74) is 3.99. The quantitative estimate of drug-likeness (QED) is 0.750. The maximum Gasteiger partial charge on any atom is 0.127 e. The fraction of sp³-hybridized carbons (Fsp3) is 0.565. The van der Waals surface area contributed by atoms with Gasteiger partial charge in [-0.1, -0.05) is 38.5 Å². The minimum absolute atomic E-state index is 0.00479. The Morgan fingerprint density at radius 2 is 2.11 bits per heavy atom. The van der Waals surface area contributed by atoms with Gasteiger partial charge in [-0.2, -0.15) is 0 Å². The van der Waals surface area contributed by atoms with Crippen LogP contribution < -0.4 is 4.74 Å². The van der Waals surface area contributed by atoms with E-state index in [4.69, 9.17) is 4.74 Å². The van der Waals surface area contributed by atoms with Gasteiger partial charge in [0.2, 0.25) is 0 Å². The first kappa shape index (κ1) is 19.0. The summed E-state index contributed by atoms with van der Waals surface area (Å²) in [6.45, 7) is 11.0. The number of aromatic amines is 1. The van der Waals surface area contributed by atoms with Crippen LogP contribution in [0.4, 0.5) is 0 Å². The molecule has 0 amide bonds. The van der Waals surface area contributed by atoms with Crippen molar-refractivity contribution >= 4 is 5.57 Å². The van der Waals surface area contributed by atoms with Gasteiger partial charge in [0.25, 0.3) is 0 Å². The van der Waals surface area contributed by atoms with Crippen LogP contribution in [-0.2, 0) is 5.41 Å². The molecular weight excluding hydrogens is 350 g/mol. The number of benzene rings is 1. The van der Waals surface area contributed by atoms with Crippen molar-refractivity contribution in [1.82, 2.24) is 15.4 Å². The number of hydrogen-bond acceptors (Lipinski definition) is 4. The lowest BCUT2D eigenvalue weighted by Crippen LogP contribution is -2.45. The summed E-state index contributed by atoms with van der Waals surface area (Å²) in [6.07, 6.45) is 7.97. The Bertz CT molecular complexity index is 897. The molecule has 2 N–H and O–H groups in total. The molecule has 1 aliphatic carbocycles. The molecule has 28 heavy (non-hydrogen) atoms. The fourth-order valence-electron chi connectivity index (χ4n) is 5.13. The van der Waals surface area contributed by atoms with Crippen LogP contribution in [0.3, 0.4) is 0 Å². The van der Waals surface area contributed by atoms with E-state index in [0.29, 0.717) is 11.7 Å². The maximum atomic E-state index is 11.1. The summed E-state index contributed by atoms with van der Waals surface area (Å²) in [5, 5.41) is 21.8. The van der Waals surface area contributed by atoms with Gasteiger partial charge in [-0.15, -0.1) is 5.10 Å². The highest BCUT2D eigenvalue weighted by atomic mass is 16.5. The van der Waals surface area contributed by atoms with Gasteiger partial charge < -0.3 is 9.84 Å². The Morgan fingerprint density at radius 1 is 1.32 bits per heavy atom. The average Bonchev–Trinajstić information content (AvgIpc) is 3.15. The van der Waals surface area contributed by atoms with Gasteiger partial charge in [-0.25, -0.2) is 0 Å². The first-order valence-corrected chi connectivity index (χ1v) is 10.3. The van der Waals surface area contributed by atoms with Gasteiger partial charge in [-0.3, -0.25) is 5.10 Å². The monoisotopic (exact) mass is 381 g/mol. The normalized spacial score (nSPS) is 23.4. The number of allylic oxidation sites excluding steroid dienone is 2. The van der Waals surface area contributed by atoms with Crippen molar-refractivity contribution in [2.24, 2.45) is 5.92 Å². The molecular formula is C23H31N3O2. The second-order valence-corrected chi connectivity index (χ2v) is 9.50. The number of aromatic hydroxyl groups is 1. The van der Waals surface area contributed by atoms with Gasteiger partial charge in [0.15, 0.2) is 0 Å². The number of aromatic nitrogens is 3. The van der Waals surface area contributed by atoms with E-state index in [1.54, 1.807) is 6.20 Å². The zero-order chi connectivity index (χ0) is 20.1. The van der Waals surface area contributed by atoms with Crippen LogP contribution in [-0.4, -0.2) is 26.1 Å². The summed E-state index contributed by atoms with van der Waals surface area (Å²) < 4.78 is 6.49. The Kier molecular flexibility index (Phi) is 4.52. The summed E-state index contributed by atoms with van der Waals surface area (Å²) in [4.78, 5) is 0. The first-order chi connectivity index (χ1) is 13.2. The summed E-state index contributed by atoms with van der Waals surface area (Å²) in [5.74, 6) is 1.74. The van der Waals surface area contributed by atoms with Crippen molar-refractivity contribution in [1.29, 1.82) is 0 Å². The summed E-state index contributed by atoms with van der Waals surface area (Å²) in [7, 11) is 0. The van der Waals surface area contributed by atoms with E-state index in [0.717, 1.165) is 48.3 Å². The van der Waals surface area contributed by atoms with Crippen LogP contribution in [0.25, 0.3) is 5.57 Å². The Labute approximate surface area is 167 Å². The van der Waals surface area contributed by atoms with E-state index in [2.05, 4.69) is 62.2 Å². The number of fused-ring (bicyclic) bond motifs is 3. The highest BCUT2D eigenvalue weighted by Gasteiger charge is 2.46. The van der Waals surface area contributed by atoms with E-state index < -0.39 is 0 Å². The summed E-state index contributed by atoms with van der Waals surface area (Å²) in [6, 6.07) is 4.13. The minimum atomic E-state index is -0.286. The average molecular weight is 382 g/mol. The number of H-pyrrole nitrogens is 1. The molecule has 0 fully saturated rings. The van der Waals surface area contributed by atoms with Crippen LogP contribution in [0.5, 0.6) is 11.5 Å². The first-order valence-electron chi connectivity index (χ1n) is 10.3. The highest BCUT2D eigenvalue weighted by molar-refractivity contribution is 5.66. The lowest BCUT2D eigenvalue weighted by molar-refractivity contribution is 0.00908. The van der Waals surface area contributed by atoms with Crippen molar-refractivity contribution in [3.63, 3.8) is 0 Å². The molecule has 0 unspecified atom stereocenters. The molecule has 0 radical (unpaired) electrons. The molecule has 0 saturated heterocycles. The van der Waals surface area contributed by atoms with Crippen LogP contribution in [0, 0.1) is 5.92 Å². The number of ether oxygens (including phenoxy) is 1. The van der Waals surface area contributed by atoms with Gasteiger partial charge in [0.1, 0.15) is 17.1 Å². The van der Waals surface area contributed by atoms with E-state index in [-0.39, 0.29) is 16.9 Å². The number of hydrogen-bond donors (Lipinski definition) is 2. The third-order valence-corrected chi connectivity index (χ3v) is 6.72. The van der Waals surface area contributed by atoms with Crippen molar-refractivity contribution in [2.75, 3.05) is 0 Å². The molecule has 1 aromatic heterocycles. The summed E-state index contributed by atoms with van der Waals surface area (Å²) >= 11 is 0. The van der Waals surface area contributed by atoms with Crippen molar-refractivity contribution in [2.45, 2.75) is 77.2 Å². The lowest BCUT2D eigenvalue weighted by atomic mass is 9.66. The second kappa shape index (κ2) is 6.64.